The molecule has 0 amide bonds. The second-order valence-electron chi connectivity index (χ2n) is 8.46. The third-order valence-electron chi connectivity index (χ3n) is 6.43. The molecule has 3 saturated heterocycles. The van der Waals surface area contributed by atoms with E-state index in [1.807, 2.05) is 6.20 Å². The number of thiazole rings is 1. The van der Waals surface area contributed by atoms with Crippen molar-refractivity contribution in [3.05, 3.63) is 52.5 Å². The number of aliphatic hydroxyl groups excluding tert-OH is 1. The predicted molar refractivity (Wildman–Crippen MR) is 108 cm³/mol. The summed E-state index contributed by atoms with van der Waals surface area (Å²) in [5.74, 6) is 0. The Hall–Kier alpha value is -1.31. The fraction of sp³-hybridized carbons (Fsp3) is 0.571. The van der Waals surface area contributed by atoms with Crippen LogP contribution in [0.2, 0.25) is 0 Å². The van der Waals surface area contributed by atoms with Crippen LogP contribution in [0.5, 0.6) is 0 Å². The van der Waals surface area contributed by atoms with Crippen LogP contribution in [0.4, 0.5) is 0 Å². The van der Waals surface area contributed by atoms with E-state index in [0.717, 1.165) is 58.7 Å². The van der Waals surface area contributed by atoms with E-state index < -0.39 is 0 Å². The van der Waals surface area contributed by atoms with E-state index in [2.05, 4.69) is 55.4 Å². The largest absolute Gasteiger partial charge is 0.392 e. The van der Waals surface area contributed by atoms with Gasteiger partial charge in [0.05, 0.1) is 18.2 Å². The SMILES string of the molecule is O[C@@H]1C[C@@H]2CN(CCc3ccccc3)CC3(CN(Cc4nccs4)C3)N2C1. The Bertz CT molecular complexity index is 747. The molecule has 1 aromatic carbocycles. The molecular weight excluding hydrogens is 356 g/mol. The first-order chi connectivity index (χ1) is 13.2. The minimum atomic E-state index is -0.158. The number of rotatable bonds is 5. The predicted octanol–water partition coefficient (Wildman–Crippen LogP) is 1.69. The zero-order valence-corrected chi connectivity index (χ0v) is 16.5. The van der Waals surface area contributed by atoms with Gasteiger partial charge in [-0.1, -0.05) is 30.3 Å². The summed E-state index contributed by atoms with van der Waals surface area (Å²) in [6, 6.07) is 11.3. The number of piperazine rings is 1. The number of nitrogens with zero attached hydrogens (tertiary/aromatic N) is 4. The number of aromatic nitrogens is 1. The third-order valence-corrected chi connectivity index (χ3v) is 7.19. The fourth-order valence-corrected chi connectivity index (χ4v) is 5.98. The molecule has 6 heteroatoms. The molecule has 1 N–H and O–H groups in total. The maximum atomic E-state index is 10.3. The first kappa shape index (κ1) is 17.8. The standard InChI is InChI=1S/C21H28N4OS/c26-19-10-18-11-23(8-6-17-4-2-1-3-5-17)14-21(25(18)12-19)15-24(16-21)13-20-22-7-9-27-20/h1-5,7,9,18-19,26H,6,8,10-16H2/t18-,19-/m1/s1. The zero-order chi connectivity index (χ0) is 18.3. The molecule has 5 rings (SSSR count). The van der Waals surface area contributed by atoms with Crippen molar-refractivity contribution in [1.82, 2.24) is 19.7 Å². The molecule has 144 valence electrons. The summed E-state index contributed by atoms with van der Waals surface area (Å²) in [5.41, 5.74) is 1.63. The molecular formula is C21H28N4OS. The molecule has 0 bridgehead atoms. The number of β-amino-alcohol motifs (C(OH)–C–C–N with tert-alkyl or cyclic N) is 1. The molecule has 5 nitrogen and oxygen atoms in total. The number of likely N-dealkylation sites (tertiary alicyclic amines) is 1. The molecule has 0 saturated carbocycles. The van der Waals surface area contributed by atoms with Crippen LogP contribution in [0.15, 0.2) is 41.9 Å². The van der Waals surface area contributed by atoms with Crippen molar-refractivity contribution < 1.29 is 5.11 Å². The molecule has 3 fully saturated rings. The van der Waals surface area contributed by atoms with Crippen LogP contribution in [-0.4, -0.2) is 81.7 Å². The molecule has 0 radical (unpaired) electrons. The second kappa shape index (κ2) is 7.26. The lowest BCUT2D eigenvalue weighted by molar-refractivity contribution is -0.116. The monoisotopic (exact) mass is 384 g/mol. The maximum Gasteiger partial charge on any atom is 0.107 e. The second-order valence-corrected chi connectivity index (χ2v) is 9.44. The molecule has 1 aromatic heterocycles. The van der Waals surface area contributed by atoms with E-state index in [1.165, 1.54) is 10.6 Å². The lowest BCUT2D eigenvalue weighted by atomic mass is 9.83. The van der Waals surface area contributed by atoms with Gasteiger partial charge in [-0.15, -0.1) is 11.3 Å². The Morgan fingerprint density at radius 3 is 2.70 bits per heavy atom. The smallest absolute Gasteiger partial charge is 0.107 e. The molecule has 3 aliphatic rings. The Labute approximate surface area is 165 Å². The van der Waals surface area contributed by atoms with Crippen molar-refractivity contribution in [3.8, 4) is 0 Å². The van der Waals surface area contributed by atoms with E-state index in [4.69, 9.17) is 0 Å². The Morgan fingerprint density at radius 1 is 1.11 bits per heavy atom. The average molecular weight is 385 g/mol. The molecule has 3 aliphatic heterocycles. The van der Waals surface area contributed by atoms with Gasteiger partial charge in [-0.3, -0.25) is 14.7 Å². The van der Waals surface area contributed by atoms with Crippen LogP contribution in [0, 0.1) is 0 Å². The highest BCUT2D eigenvalue weighted by atomic mass is 32.1. The third kappa shape index (κ3) is 3.57. The number of benzene rings is 1. The first-order valence-electron chi connectivity index (χ1n) is 10.0. The van der Waals surface area contributed by atoms with Gasteiger partial charge in [0.25, 0.3) is 0 Å². The lowest BCUT2D eigenvalue weighted by Gasteiger charge is -2.61. The van der Waals surface area contributed by atoms with Gasteiger partial charge in [-0.2, -0.15) is 0 Å². The van der Waals surface area contributed by atoms with E-state index in [0.29, 0.717) is 6.04 Å². The van der Waals surface area contributed by atoms with Gasteiger partial charge < -0.3 is 5.11 Å². The van der Waals surface area contributed by atoms with Crippen molar-refractivity contribution in [1.29, 1.82) is 0 Å². The summed E-state index contributed by atoms with van der Waals surface area (Å²) in [6.07, 6.45) is 3.77. The molecule has 27 heavy (non-hydrogen) atoms. The summed E-state index contributed by atoms with van der Waals surface area (Å²) in [4.78, 5) is 12.2. The zero-order valence-electron chi connectivity index (χ0n) is 15.7. The topological polar surface area (TPSA) is 42.8 Å². The normalized spacial score (nSPS) is 28.3. The van der Waals surface area contributed by atoms with Crippen LogP contribution >= 0.6 is 11.3 Å². The molecule has 0 aliphatic carbocycles. The molecule has 1 spiro atoms. The fourth-order valence-electron chi connectivity index (χ4n) is 5.32. The van der Waals surface area contributed by atoms with Crippen molar-refractivity contribution in [2.24, 2.45) is 0 Å². The molecule has 2 aromatic rings. The summed E-state index contributed by atoms with van der Waals surface area (Å²) >= 11 is 1.74. The van der Waals surface area contributed by atoms with Crippen LogP contribution < -0.4 is 0 Å². The Balaban J connectivity index is 1.25. The van der Waals surface area contributed by atoms with Gasteiger partial charge in [-0.05, 0) is 18.4 Å². The van der Waals surface area contributed by atoms with Crippen LogP contribution in [0.1, 0.15) is 17.0 Å². The van der Waals surface area contributed by atoms with Crippen molar-refractivity contribution in [2.75, 3.05) is 39.3 Å². The maximum absolute atomic E-state index is 10.3. The van der Waals surface area contributed by atoms with E-state index in [9.17, 15) is 5.11 Å². The van der Waals surface area contributed by atoms with E-state index >= 15 is 0 Å². The Morgan fingerprint density at radius 2 is 1.93 bits per heavy atom. The highest BCUT2D eigenvalue weighted by molar-refractivity contribution is 7.09. The first-order valence-corrected chi connectivity index (χ1v) is 10.9. The minimum Gasteiger partial charge on any atom is -0.392 e. The minimum absolute atomic E-state index is 0.158. The summed E-state index contributed by atoms with van der Waals surface area (Å²) in [5, 5.41) is 13.6. The van der Waals surface area contributed by atoms with Gasteiger partial charge in [0.1, 0.15) is 5.01 Å². The highest BCUT2D eigenvalue weighted by Gasteiger charge is 2.55. The number of hydrogen-bond donors (Lipinski definition) is 1. The number of hydrogen-bond acceptors (Lipinski definition) is 6. The van der Waals surface area contributed by atoms with Crippen molar-refractivity contribution >= 4 is 11.3 Å². The summed E-state index contributed by atoms with van der Waals surface area (Å²) in [7, 11) is 0. The number of aliphatic hydroxyl groups is 1. The molecule has 4 heterocycles. The van der Waals surface area contributed by atoms with E-state index in [1.54, 1.807) is 11.3 Å². The van der Waals surface area contributed by atoms with Crippen LogP contribution in [0.25, 0.3) is 0 Å². The van der Waals surface area contributed by atoms with Gasteiger partial charge in [0.2, 0.25) is 0 Å². The van der Waals surface area contributed by atoms with Gasteiger partial charge in [0, 0.05) is 56.9 Å². The lowest BCUT2D eigenvalue weighted by Crippen LogP contribution is -2.77. The van der Waals surface area contributed by atoms with E-state index in [-0.39, 0.29) is 11.6 Å². The van der Waals surface area contributed by atoms with Gasteiger partial charge in [-0.25, -0.2) is 4.98 Å². The average Bonchev–Trinajstić information content (AvgIpc) is 3.28. The van der Waals surface area contributed by atoms with Gasteiger partial charge in [0.15, 0.2) is 0 Å². The van der Waals surface area contributed by atoms with Crippen LogP contribution in [-0.2, 0) is 13.0 Å². The van der Waals surface area contributed by atoms with Gasteiger partial charge >= 0.3 is 0 Å². The quantitative estimate of drug-likeness (QED) is 0.850. The molecule has 0 unspecified atom stereocenters. The Kier molecular flexibility index (Phi) is 4.78. The highest BCUT2D eigenvalue weighted by Crippen LogP contribution is 2.39. The summed E-state index contributed by atoms with van der Waals surface area (Å²) in [6.45, 7) is 7.33. The summed E-state index contributed by atoms with van der Waals surface area (Å²) < 4.78 is 0. The molecule has 2 atom stereocenters. The van der Waals surface area contributed by atoms with Crippen LogP contribution in [0.3, 0.4) is 0 Å². The van der Waals surface area contributed by atoms with Crippen molar-refractivity contribution in [3.63, 3.8) is 0 Å². The van der Waals surface area contributed by atoms with Crippen molar-refractivity contribution in [2.45, 2.75) is 37.1 Å². The number of fused-ring (bicyclic) bond motifs is 2.